The number of nitrogens with zero attached hydrogens (tertiary/aromatic N) is 1. The van der Waals surface area contributed by atoms with Gasteiger partial charge in [0.2, 0.25) is 0 Å². The molecule has 1 aromatic rings. The highest BCUT2D eigenvalue weighted by molar-refractivity contribution is 7.91. The van der Waals surface area contributed by atoms with Gasteiger partial charge < -0.3 is 9.64 Å². The highest BCUT2D eigenvalue weighted by atomic mass is 32.2. The van der Waals surface area contributed by atoms with Crippen LogP contribution in [0.1, 0.15) is 17.5 Å². The van der Waals surface area contributed by atoms with Gasteiger partial charge in [-0.3, -0.25) is 0 Å². The van der Waals surface area contributed by atoms with E-state index in [1.807, 2.05) is 0 Å². The van der Waals surface area contributed by atoms with Crippen molar-refractivity contribution in [3.05, 3.63) is 29.3 Å². The van der Waals surface area contributed by atoms with Gasteiger partial charge in [0.05, 0.1) is 18.1 Å². The van der Waals surface area contributed by atoms with Crippen LogP contribution in [0, 0.1) is 5.92 Å². The van der Waals surface area contributed by atoms with Gasteiger partial charge in [-0.15, -0.1) is 0 Å². The zero-order chi connectivity index (χ0) is 14.9. The molecule has 1 atom stereocenters. The van der Waals surface area contributed by atoms with Gasteiger partial charge in [0.25, 0.3) is 0 Å². The quantitative estimate of drug-likeness (QED) is 0.827. The molecule has 116 valence electrons. The third kappa shape index (κ3) is 3.77. The van der Waals surface area contributed by atoms with Crippen molar-refractivity contribution < 1.29 is 13.2 Å². The number of benzene rings is 1. The second kappa shape index (κ2) is 5.97. The molecule has 1 fully saturated rings. The molecule has 0 radical (unpaired) electrons. The molecule has 0 saturated carbocycles. The molecule has 1 aromatic carbocycles. The van der Waals surface area contributed by atoms with Gasteiger partial charge >= 0.3 is 0 Å². The van der Waals surface area contributed by atoms with E-state index in [1.165, 1.54) is 11.1 Å². The van der Waals surface area contributed by atoms with Crippen LogP contribution in [0.5, 0.6) is 5.75 Å². The molecule has 0 aromatic heterocycles. The first-order valence-electron chi connectivity index (χ1n) is 7.65. The third-order valence-electron chi connectivity index (χ3n) is 4.43. The van der Waals surface area contributed by atoms with Gasteiger partial charge in [-0.05, 0) is 43.0 Å². The maximum Gasteiger partial charge on any atom is 0.150 e. The van der Waals surface area contributed by atoms with Crippen molar-refractivity contribution in [2.75, 3.05) is 38.2 Å². The van der Waals surface area contributed by atoms with Crippen LogP contribution in [0.2, 0.25) is 0 Å². The number of rotatable bonds is 5. The number of hydrogen-bond donors (Lipinski definition) is 0. The molecule has 0 spiro atoms. The van der Waals surface area contributed by atoms with Crippen LogP contribution in [0.25, 0.3) is 0 Å². The molecule has 3 rings (SSSR count). The van der Waals surface area contributed by atoms with Crippen LogP contribution in [0.3, 0.4) is 0 Å². The maximum atomic E-state index is 11.5. The molecule has 2 aliphatic heterocycles. The number of sulfone groups is 1. The van der Waals surface area contributed by atoms with Crippen molar-refractivity contribution in [2.24, 2.45) is 5.92 Å². The fourth-order valence-electron chi connectivity index (χ4n) is 3.26. The lowest BCUT2D eigenvalue weighted by Gasteiger charge is -2.20. The highest BCUT2D eigenvalue weighted by Gasteiger charge is 2.28. The zero-order valence-electron chi connectivity index (χ0n) is 12.5. The normalized spacial score (nSPS) is 23.2. The van der Waals surface area contributed by atoms with E-state index < -0.39 is 9.84 Å². The fraction of sp³-hybridized carbons (Fsp3) is 0.625. The molecule has 21 heavy (non-hydrogen) atoms. The van der Waals surface area contributed by atoms with Crippen molar-refractivity contribution in [1.29, 1.82) is 0 Å². The first-order chi connectivity index (χ1) is 10.0. The number of fused-ring (bicyclic) bond motifs is 1. The summed E-state index contributed by atoms with van der Waals surface area (Å²) in [7, 11) is -0.671. The summed E-state index contributed by atoms with van der Waals surface area (Å²) in [6.07, 6.45) is 2.84. The maximum absolute atomic E-state index is 11.5. The molecular weight excluding hydrogens is 286 g/mol. The molecule has 4 nitrogen and oxygen atoms in total. The van der Waals surface area contributed by atoms with E-state index in [0.29, 0.717) is 17.4 Å². The fourth-order valence-corrected chi connectivity index (χ4v) is 5.11. The van der Waals surface area contributed by atoms with Crippen molar-refractivity contribution in [3.63, 3.8) is 0 Å². The Kier molecular flexibility index (Phi) is 4.22. The lowest BCUT2D eigenvalue weighted by atomic mass is 10.1. The average Bonchev–Trinajstić information content (AvgIpc) is 3.02. The van der Waals surface area contributed by atoms with Crippen molar-refractivity contribution >= 4 is 9.84 Å². The van der Waals surface area contributed by atoms with Crippen LogP contribution >= 0.6 is 0 Å². The summed E-state index contributed by atoms with van der Waals surface area (Å²) in [6.45, 7) is 2.65. The number of ether oxygens (including phenoxy) is 1. The third-order valence-corrected chi connectivity index (χ3v) is 6.27. The SMILES string of the molecule is CN(CCc1ccc2c(c1)CCO2)CC1CCS(=O)(=O)C1. The van der Waals surface area contributed by atoms with E-state index in [9.17, 15) is 8.42 Å². The van der Waals surface area contributed by atoms with Gasteiger partial charge in [0.15, 0.2) is 9.84 Å². The predicted molar refractivity (Wildman–Crippen MR) is 83.6 cm³/mol. The highest BCUT2D eigenvalue weighted by Crippen LogP contribution is 2.26. The van der Waals surface area contributed by atoms with Crippen LogP contribution in [-0.4, -0.2) is 51.6 Å². The minimum atomic E-state index is -2.76. The summed E-state index contributed by atoms with van der Waals surface area (Å²) in [5.41, 5.74) is 2.65. The lowest BCUT2D eigenvalue weighted by molar-refractivity contribution is 0.292. The summed E-state index contributed by atoms with van der Waals surface area (Å²) < 4.78 is 28.5. The van der Waals surface area contributed by atoms with E-state index in [0.717, 1.165) is 44.7 Å². The van der Waals surface area contributed by atoms with Gasteiger partial charge in [-0.1, -0.05) is 12.1 Å². The smallest absolute Gasteiger partial charge is 0.150 e. The Hall–Kier alpha value is -1.07. The molecule has 0 N–H and O–H groups in total. The summed E-state index contributed by atoms with van der Waals surface area (Å²) in [4.78, 5) is 2.26. The minimum absolute atomic E-state index is 0.313. The molecule has 2 aliphatic rings. The molecule has 0 aliphatic carbocycles. The van der Waals surface area contributed by atoms with Crippen LogP contribution in [0.15, 0.2) is 18.2 Å². The monoisotopic (exact) mass is 309 g/mol. The second-order valence-corrected chi connectivity index (χ2v) is 8.55. The van der Waals surface area contributed by atoms with E-state index >= 15 is 0 Å². The Labute approximate surface area is 127 Å². The van der Waals surface area contributed by atoms with Crippen molar-refractivity contribution in [3.8, 4) is 5.75 Å². The molecule has 5 heteroatoms. The van der Waals surface area contributed by atoms with E-state index in [2.05, 4.69) is 30.1 Å². The number of hydrogen-bond acceptors (Lipinski definition) is 4. The Bertz CT molecular complexity index is 612. The molecular formula is C16H23NO3S. The largest absolute Gasteiger partial charge is 0.493 e. The van der Waals surface area contributed by atoms with Crippen molar-refractivity contribution in [1.82, 2.24) is 4.90 Å². The van der Waals surface area contributed by atoms with E-state index in [-0.39, 0.29) is 0 Å². The van der Waals surface area contributed by atoms with Crippen molar-refractivity contribution in [2.45, 2.75) is 19.3 Å². The van der Waals surface area contributed by atoms with Crippen LogP contribution in [-0.2, 0) is 22.7 Å². The topological polar surface area (TPSA) is 46.6 Å². The average molecular weight is 309 g/mol. The van der Waals surface area contributed by atoms with Gasteiger partial charge in [-0.2, -0.15) is 0 Å². The zero-order valence-corrected chi connectivity index (χ0v) is 13.4. The Morgan fingerprint density at radius 2 is 2.24 bits per heavy atom. The van der Waals surface area contributed by atoms with Crippen LogP contribution in [0.4, 0.5) is 0 Å². The summed E-state index contributed by atoms with van der Waals surface area (Å²) in [6, 6.07) is 6.45. The van der Waals surface area contributed by atoms with Gasteiger partial charge in [0.1, 0.15) is 5.75 Å². The number of likely N-dealkylation sites (N-methyl/N-ethyl adjacent to an activating group) is 1. The molecule has 0 bridgehead atoms. The lowest BCUT2D eigenvalue weighted by Crippen LogP contribution is -2.28. The molecule has 2 heterocycles. The summed E-state index contributed by atoms with van der Waals surface area (Å²) in [5, 5.41) is 0. The standard InChI is InChI=1S/C16H23NO3S/c1-17(11-14-6-9-21(18,19)12-14)7-4-13-2-3-16-15(10-13)5-8-20-16/h2-3,10,14H,4-9,11-12H2,1H3. The van der Waals surface area contributed by atoms with E-state index in [1.54, 1.807) is 0 Å². The molecule has 0 amide bonds. The first-order valence-corrected chi connectivity index (χ1v) is 9.47. The Morgan fingerprint density at radius 1 is 1.38 bits per heavy atom. The Balaban J connectivity index is 1.49. The summed E-state index contributed by atoms with van der Waals surface area (Å²) in [5.74, 6) is 2.08. The molecule has 1 unspecified atom stereocenters. The van der Waals surface area contributed by atoms with Gasteiger partial charge in [0, 0.05) is 19.5 Å². The van der Waals surface area contributed by atoms with Crippen LogP contribution < -0.4 is 4.74 Å². The first kappa shape index (κ1) is 14.9. The second-order valence-electron chi connectivity index (χ2n) is 6.32. The minimum Gasteiger partial charge on any atom is -0.493 e. The predicted octanol–water partition coefficient (Wildman–Crippen LogP) is 1.53. The van der Waals surface area contributed by atoms with Gasteiger partial charge in [-0.25, -0.2) is 8.42 Å². The Morgan fingerprint density at radius 3 is 3.00 bits per heavy atom. The van der Waals surface area contributed by atoms with E-state index in [4.69, 9.17) is 4.74 Å². The molecule has 1 saturated heterocycles. The summed E-state index contributed by atoms with van der Waals surface area (Å²) >= 11 is 0.